The summed E-state index contributed by atoms with van der Waals surface area (Å²) in [5, 5.41) is 3.35. The molecule has 1 amide bonds. The summed E-state index contributed by atoms with van der Waals surface area (Å²) in [5.41, 5.74) is 1.80. The van der Waals surface area contributed by atoms with Gasteiger partial charge in [0.2, 0.25) is 0 Å². The van der Waals surface area contributed by atoms with Crippen molar-refractivity contribution in [2.75, 3.05) is 19.6 Å². The van der Waals surface area contributed by atoms with Crippen molar-refractivity contribution in [2.24, 2.45) is 0 Å². The Labute approximate surface area is 149 Å². The smallest absolute Gasteiger partial charge is 0.254 e. The van der Waals surface area contributed by atoms with Gasteiger partial charge in [-0.2, -0.15) is 0 Å². The third kappa shape index (κ3) is 4.73. The molecular weight excluding hydrogens is 324 g/mol. The van der Waals surface area contributed by atoms with E-state index in [-0.39, 0.29) is 18.3 Å². The molecule has 0 aromatic heterocycles. The fourth-order valence-corrected chi connectivity index (χ4v) is 2.76. The maximum Gasteiger partial charge on any atom is 0.254 e. The van der Waals surface area contributed by atoms with E-state index in [0.717, 1.165) is 30.9 Å². The maximum atomic E-state index is 12.6. The second-order valence-electron chi connectivity index (χ2n) is 5.91. The number of carbonyl (C=O) groups is 1. The molecule has 1 aliphatic heterocycles. The Bertz CT molecular complexity index is 663. The predicted molar refractivity (Wildman–Crippen MR) is 97.8 cm³/mol. The minimum Gasteiger partial charge on any atom is -0.489 e. The van der Waals surface area contributed by atoms with Gasteiger partial charge in [-0.3, -0.25) is 4.79 Å². The molecule has 1 heterocycles. The Hall–Kier alpha value is -2.04. The Morgan fingerprint density at radius 3 is 2.75 bits per heavy atom. The standard InChI is InChI=1S/C19H22N2O2.ClH/c1-15-13-21(11-10-20-15)19(22)17-8-5-9-18(12-17)23-14-16-6-3-2-4-7-16;/h2-9,12,15,20H,10-11,13-14H2,1H3;1H. The highest BCUT2D eigenvalue weighted by atomic mass is 35.5. The van der Waals surface area contributed by atoms with Gasteiger partial charge >= 0.3 is 0 Å². The van der Waals surface area contributed by atoms with E-state index < -0.39 is 0 Å². The zero-order valence-electron chi connectivity index (χ0n) is 13.8. The normalized spacial score (nSPS) is 17.0. The molecule has 1 fully saturated rings. The first-order chi connectivity index (χ1) is 11.2. The molecule has 0 radical (unpaired) electrons. The number of piperazine rings is 1. The van der Waals surface area contributed by atoms with Gasteiger partial charge in [0.15, 0.2) is 0 Å². The lowest BCUT2D eigenvalue weighted by atomic mass is 10.1. The molecule has 1 aliphatic rings. The molecule has 2 aromatic carbocycles. The summed E-state index contributed by atoms with van der Waals surface area (Å²) >= 11 is 0. The Morgan fingerprint density at radius 2 is 2.00 bits per heavy atom. The van der Waals surface area contributed by atoms with E-state index in [1.165, 1.54) is 0 Å². The van der Waals surface area contributed by atoms with Gasteiger partial charge in [-0.25, -0.2) is 0 Å². The molecule has 0 spiro atoms. The van der Waals surface area contributed by atoms with Crippen LogP contribution < -0.4 is 10.1 Å². The van der Waals surface area contributed by atoms with Gasteiger partial charge in [0.25, 0.3) is 5.91 Å². The number of amides is 1. The molecule has 0 aliphatic carbocycles. The Kier molecular flexibility index (Phi) is 6.64. The molecule has 1 unspecified atom stereocenters. The van der Waals surface area contributed by atoms with Gasteiger partial charge in [0.1, 0.15) is 12.4 Å². The van der Waals surface area contributed by atoms with Crippen molar-refractivity contribution in [1.82, 2.24) is 10.2 Å². The van der Waals surface area contributed by atoms with Crippen molar-refractivity contribution in [3.63, 3.8) is 0 Å². The third-order valence-electron chi connectivity index (χ3n) is 3.99. The lowest BCUT2D eigenvalue weighted by molar-refractivity contribution is 0.0708. The van der Waals surface area contributed by atoms with Crippen LogP contribution in [0.15, 0.2) is 54.6 Å². The summed E-state index contributed by atoms with van der Waals surface area (Å²) in [6, 6.07) is 17.8. The number of ether oxygens (including phenoxy) is 1. The number of carbonyl (C=O) groups excluding carboxylic acids is 1. The number of nitrogens with zero attached hydrogens (tertiary/aromatic N) is 1. The average Bonchev–Trinajstić information content (AvgIpc) is 2.60. The van der Waals surface area contributed by atoms with E-state index in [1.54, 1.807) is 0 Å². The third-order valence-corrected chi connectivity index (χ3v) is 3.99. The average molecular weight is 347 g/mol. The van der Waals surface area contributed by atoms with Crippen LogP contribution in [0.1, 0.15) is 22.8 Å². The topological polar surface area (TPSA) is 41.6 Å². The Morgan fingerprint density at radius 1 is 1.21 bits per heavy atom. The number of hydrogen-bond acceptors (Lipinski definition) is 3. The van der Waals surface area contributed by atoms with Crippen molar-refractivity contribution in [2.45, 2.75) is 19.6 Å². The summed E-state index contributed by atoms with van der Waals surface area (Å²) in [7, 11) is 0. The van der Waals surface area contributed by atoms with Crippen molar-refractivity contribution in [3.05, 3.63) is 65.7 Å². The number of benzene rings is 2. The second-order valence-corrected chi connectivity index (χ2v) is 5.91. The number of rotatable bonds is 4. The highest BCUT2D eigenvalue weighted by molar-refractivity contribution is 5.94. The highest BCUT2D eigenvalue weighted by Crippen LogP contribution is 2.17. The molecule has 1 atom stereocenters. The molecule has 128 valence electrons. The quantitative estimate of drug-likeness (QED) is 0.924. The zero-order chi connectivity index (χ0) is 16.1. The number of hydrogen-bond donors (Lipinski definition) is 1. The molecule has 0 bridgehead atoms. The lowest BCUT2D eigenvalue weighted by Crippen LogP contribution is -2.51. The van der Waals surface area contributed by atoms with E-state index >= 15 is 0 Å². The van der Waals surface area contributed by atoms with Crippen LogP contribution >= 0.6 is 12.4 Å². The summed E-state index contributed by atoms with van der Waals surface area (Å²) in [6.07, 6.45) is 0. The molecule has 3 rings (SSSR count). The van der Waals surface area contributed by atoms with Crippen LogP contribution in [0.3, 0.4) is 0 Å². The molecule has 2 aromatic rings. The highest BCUT2D eigenvalue weighted by Gasteiger charge is 2.21. The van der Waals surface area contributed by atoms with Crippen molar-refractivity contribution < 1.29 is 9.53 Å². The van der Waals surface area contributed by atoms with Crippen molar-refractivity contribution in [1.29, 1.82) is 0 Å². The van der Waals surface area contributed by atoms with Gasteiger partial charge in [0.05, 0.1) is 0 Å². The predicted octanol–water partition coefficient (Wildman–Crippen LogP) is 3.12. The SMILES string of the molecule is CC1CN(C(=O)c2cccc(OCc3ccccc3)c2)CCN1.Cl. The van der Waals surface area contributed by atoms with E-state index in [0.29, 0.717) is 18.2 Å². The van der Waals surface area contributed by atoms with Gasteiger partial charge < -0.3 is 15.0 Å². The van der Waals surface area contributed by atoms with Crippen LogP contribution in [-0.2, 0) is 6.61 Å². The summed E-state index contributed by atoms with van der Waals surface area (Å²) < 4.78 is 5.81. The van der Waals surface area contributed by atoms with E-state index in [4.69, 9.17) is 4.74 Å². The fourth-order valence-electron chi connectivity index (χ4n) is 2.76. The summed E-state index contributed by atoms with van der Waals surface area (Å²) in [5.74, 6) is 0.798. The fraction of sp³-hybridized carbons (Fsp3) is 0.316. The monoisotopic (exact) mass is 346 g/mol. The summed E-state index contributed by atoms with van der Waals surface area (Å²) in [4.78, 5) is 14.5. The number of halogens is 1. The van der Waals surface area contributed by atoms with Gasteiger partial charge in [-0.1, -0.05) is 36.4 Å². The first-order valence-electron chi connectivity index (χ1n) is 8.02. The first kappa shape index (κ1) is 18.3. The lowest BCUT2D eigenvalue weighted by Gasteiger charge is -2.32. The van der Waals surface area contributed by atoms with E-state index in [2.05, 4.69) is 12.2 Å². The van der Waals surface area contributed by atoms with Crippen molar-refractivity contribution >= 4 is 18.3 Å². The van der Waals surface area contributed by atoms with Crippen LogP contribution in [0.25, 0.3) is 0 Å². The molecule has 1 saturated heterocycles. The van der Waals surface area contributed by atoms with E-state index in [9.17, 15) is 4.79 Å². The van der Waals surface area contributed by atoms with Crippen LogP contribution in [0.5, 0.6) is 5.75 Å². The second kappa shape index (κ2) is 8.71. The van der Waals surface area contributed by atoms with E-state index in [1.807, 2.05) is 59.5 Å². The Balaban J connectivity index is 0.00000208. The van der Waals surface area contributed by atoms with Crippen LogP contribution in [0.2, 0.25) is 0 Å². The largest absolute Gasteiger partial charge is 0.489 e. The molecule has 4 nitrogen and oxygen atoms in total. The van der Waals surface area contributed by atoms with Gasteiger partial charge in [-0.15, -0.1) is 12.4 Å². The maximum absolute atomic E-state index is 12.6. The zero-order valence-corrected chi connectivity index (χ0v) is 14.6. The number of nitrogens with one attached hydrogen (secondary N) is 1. The molecule has 5 heteroatoms. The van der Waals surface area contributed by atoms with Gasteiger partial charge in [0, 0.05) is 31.2 Å². The minimum atomic E-state index is 0. The van der Waals surface area contributed by atoms with Crippen LogP contribution in [-0.4, -0.2) is 36.5 Å². The first-order valence-corrected chi connectivity index (χ1v) is 8.02. The molecular formula is C19H23ClN2O2. The van der Waals surface area contributed by atoms with Crippen LogP contribution in [0, 0.1) is 0 Å². The molecule has 1 N–H and O–H groups in total. The van der Waals surface area contributed by atoms with Gasteiger partial charge in [-0.05, 0) is 30.7 Å². The van der Waals surface area contributed by atoms with Crippen molar-refractivity contribution in [3.8, 4) is 5.75 Å². The molecule has 24 heavy (non-hydrogen) atoms. The van der Waals surface area contributed by atoms with Crippen LogP contribution in [0.4, 0.5) is 0 Å². The molecule has 0 saturated carbocycles. The minimum absolute atomic E-state index is 0. The summed E-state index contributed by atoms with van der Waals surface area (Å²) in [6.45, 7) is 4.94.